The molecule has 0 saturated carbocycles. The van der Waals surface area contributed by atoms with Crippen LogP contribution in [-0.4, -0.2) is 67.4 Å². The van der Waals surface area contributed by atoms with E-state index in [4.69, 9.17) is 5.73 Å². The van der Waals surface area contributed by atoms with Crippen molar-refractivity contribution in [2.45, 2.75) is 26.7 Å². The second-order valence-corrected chi connectivity index (χ2v) is 5.39. The summed E-state index contributed by atoms with van der Waals surface area (Å²) in [5.41, 5.74) is 5.48. The molecule has 1 saturated heterocycles. The summed E-state index contributed by atoms with van der Waals surface area (Å²) in [5.74, 6) is 0.327. The van der Waals surface area contributed by atoms with Crippen LogP contribution in [0.1, 0.15) is 26.7 Å². The smallest absolute Gasteiger partial charge is 0.234 e. The van der Waals surface area contributed by atoms with Crippen molar-refractivity contribution in [2.75, 3.05) is 45.8 Å². The summed E-state index contributed by atoms with van der Waals surface area (Å²) in [6, 6.07) is 0. The molecule has 6 nitrogen and oxygen atoms in total. The molecule has 1 aliphatic heterocycles. The lowest BCUT2D eigenvalue weighted by Gasteiger charge is -2.35. The summed E-state index contributed by atoms with van der Waals surface area (Å²) in [6.45, 7) is 8.58. The van der Waals surface area contributed by atoms with Gasteiger partial charge in [-0.05, 0) is 26.3 Å². The SMILES string of the molecule is CCNC(=O)CN1CCN(C(=O)C(C)CCCN)CC1. The molecule has 0 radical (unpaired) electrons. The quantitative estimate of drug-likeness (QED) is 0.669. The van der Waals surface area contributed by atoms with Gasteiger partial charge in [-0.15, -0.1) is 0 Å². The molecule has 0 aromatic rings. The van der Waals surface area contributed by atoms with E-state index in [0.717, 1.165) is 25.9 Å². The van der Waals surface area contributed by atoms with Crippen LogP contribution in [0.3, 0.4) is 0 Å². The fourth-order valence-corrected chi connectivity index (χ4v) is 2.44. The van der Waals surface area contributed by atoms with Gasteiger partial charge in [-0.1, -0.05) is 6.92 Å². The number of hydrogen-bond donors (Lipinski definition) is 2. The Morgan fingerprint density at radius 2 is 1.90 bits per heavy atom. The van der Waals surface area contributed by atoms with Crippen molar-refractivity contribution in [2.24, 2.45) is 11.7 Å². The highest BCUT2D eigenvalue weighted by Gasteiger charge is 2.25. The molecule has 1 rings (SSSR count). The molecule has 2 amide bonds. The maximum absolute atomic E-state index is 12.2. The van der Waals surface area contributed by atoms with Crippen molar-refractivity contribution >= 4 is 11.8 Å². The predicted molar refractivity (Wildman–Crippen MR) is 79.2 cm³/mol. The Kier molecular flexibility index (Phi) is 7.54. The highest BCUT2D eigenvalue weighted by molar-refractivity contribution is 5.79. The Morgan fingerprint density at radius 1 is 1.25 bits per heavy atom. The number of rotatable bonds is 7. The molecule has 6 heteroatoms. The zero-order valence-corrected chi connectivity index (χ0v) is 12.7. The van der Waals surface area contributed by atoms with Crippen molar-refractivity contribution < 1.29 is 9.59 Å². The standard InChI is InChI=1S/C14H28N4O2/c1-3-16-13(19)11-17-7-9-18(10-8-17)14(20)12(2)5-4-6-15/h12H,3-11,15H2,1-2H3,(H,16,19). The molecule has 0 bridgehead atoms. The van der Waals surface area contributed by atoms with Crippen LogP contribution in [0.5, 0.6) is 0 Å². The number of nitrogens with two attached hydrogens (primary N) is 1. The molecule has 1 atom stereocenters. The Balaban J connectivity index is 2.30. The number of hydrogen-bond acceptors (Lipinski definition) is 4. The topological polar surface area (TPSA) is 78.7 Å². The minimum Gasteiger partial charge on any atom is -0.355 e. The van der Waals surface area contributed by atoms with Crippen molar-refractivity contribution in [3.05, 3.63) is 0 Å². The minimum absolute atomic E-state index is 0.0495. The summed E-state index contributed by atoms with van der Waals surface area (Å²) in [7, 11) is 0. The van der Waals surface area contributed by atoms with E-state index in [2.05, 4.69) is 10.2 Å². The number of amides is 2. The largest absolute Gasteiger partial charge is 0.355 e. The number of likely N-dealkylation sites (N-methyl/N-ethyl adjacent to an activating group) is 1. The van der Waals surface area contributed by atoms with Gasteiger partial charge in [-0.2, -0.15) is 0 Å². The molecule has 1 aliphatic rings. The number of nitrogens with zero attached hydrogens (tertiary/aromatic N) is 2. The third-order valence-electron chi connectivity index (χ3n) is 3.69. The molecule has 20 heavy (non-hydrogen) atoms. The lowest BCUT2D eigenvalue weighted by molar-refractivity contribution is -0.137. The first-order chi connectivity index (χ1) is 9.58. The fourth-order valence-electron chi connectivity index (χ4n) is 2.44. The predicted octanol–water partition coefficient (Wildman–Crippen LogP) is -0.358. The number of carbonyl (C=O) groups is 2. The molecule has 0 spiro atoms. The van der Waals surface area contributed by atoms with Crippen LogP contribution in [0.2, 0.25) is 0 Å². The van der Waals surface area contributed by atoms with Gasteiger partial charge in [0, 0.05) is 38.6 Å². The maximum atomic E-state index is 12.2. The Labute approximate surface area is 121 Å². The molecule has 0 aromatic carbocycles. The third-order valence-corrected chi connectivity index (χ3v) is 3.69. The van der Waals surface area contributed by atoms with Crippen LogP contribution in [0.15, 0.2) is 0 Å². The number of carbonyl (C=O) groups excluding carboxylic acids is 2. The van der Waals surface area contributed by atoms with Crippen LogP contribution >= 0.6 is 0 Å². The minimum atomic E-state index is 0.0495. The van der Waals surface area contributed by atoms with Gasteiger partial charge in [0.2, 0.25) is 11.8 Å². The Bertz CT molecular complexity index is 314. The van der Waals surface area contributed by atoms with E-state index in [1.807, 2.05) is 18.7 Å². The van der Waals surface area contributed by atoms with E-state index in [0.29, 0.717) is 32.7 Å². The highest BCUT2D eigenvalue weighted by Crippen LogP contribution is 2.11. The molecule has 3 N–H and O–H groups in total. The van der Waals surface area contributed by atoms with Gasteiger partial charge in [0.05, 0.1) is 6.54 Å². The summed E-state index contributed by atoms with van der Waals surface area (Å²) >= 11 is 0. The monoisotopic (exact) mass is 284 g/mol. The van der Waals surface area contributed by atoms with Gasteiger partial charge in [0.25, 0.3) is 0 Å². The average Bonchev–Trinajstić information content (AvgIpc) is 2.45. The first-order valence-corrected chi connectivity index (χ1v) is 7.56. The van der Waals surface area contributed by atoms with E-state index < -0.39 is 0 Å². The third kappa shape index (κ3) is 5.46. The molecular formula is C14H28N4O2. The van der Waals surface area contributed by atoms with E-state index >= 15 is 0 Å². The molecule has 1 heterocycles. The number of piperazine rings is 1. The van der Waals surface area contributed by atoms with Gasteiger partial charge in [0.15, 0.2) is 0 Å². The second-order valence-electron chi connectivity index (χ2n) is 5.39. The summed E-state index contributed by atoms with van der Waals surface area (Å²) in [6.07, 6.45) is 1.75. The second kappa shape index (κ2) is 8.92. The summed E-state index contributed by atoms with van der Waals surface area (Å²) in [4.78, 5) is 27.7. The van der Waals surface area contributed by atoms with Crippen molar-refractivity contribution in [3.8, 4) is 0 Å². The highest BCUT2D eigenvalue weighted by atomic mass is 16.2. The van der Waals surface area contributed by atoms with Gasteiger partial charge in [0.1, 0.15) is 0 Å². The van der Waals surface area contributed by atoms with Crippen molar-refractivity contribution in [3.63, 3.8) is 0 Å². The Morgan fingerprint density at radius 3 is 2.45 bits per heavy atom. The van der Waals surface area contributed by atoms with Crippen LogP contribution in [0, 0.1) is 5.92 Å². The normalized spacial score (nSPS) is 17.9. The Hall–Kier alpha value is -1.14. The molecule has 1 unspecified atom stereocenters. The lowest BCUT2D eigenvalue weighted by atomic mass is 10.0. The average molecular weight is 284 g/mol. The maximum Gasteiger partial charge on any atom is 0.234 e. The van der Waals surface area contributed by atoms with Gasteiger partial charge < -0.3 is 16.0 Å². The fraction of sp³-hybridized carbons (Fsp3) is 0.857. The number of nitrogens with one attached hydrogen (secondary N) is 1. The van der Waals surface area contributed by atoms with Crippen molar-refractivity contribution in [1.29, 1.82) is 0 Å². The van der Waals surface area contributed by atoms with Crippen LogP contribution in [0.25, 0.3) is 0 Å². The summed E-state index contributed by atoms with van der Waals surface area (Å²) < 4.78 is 0. The summed E-state index contributed by atoms with van der Waals surface area (Å²) in [5, 5.41) is 2.80. The molecule has 0 aromatic heterocycles. The van der Waals surface area contributed by atoms with Crippen LogP contribution < -0.4 is 11.1 Å². The van der Waals surface area contributed by atoms with Gasteiger partial charge in [-0.25, -0.2) is 0 Å². The zero-order valence-electron chi connectivity index (χ0n) is 12.7. The van der Waals surface area contributed by atoms with Crippen molar-refractivity contribution in [1.82, 2.24) is 15.1 Å². The van der Waals surface area contributed by atoms with E-state index in [1.54, 1.807) is 0 Å². The first-order valence-electron chi connectivity index (χ1n) is 7.56. The van der Waals surface area contributed by atoms with Crippen LogP contribution in [-0.2, 0) is 9.59 Å². The van der Waals surface area contributed by atoms with Gasteiger partial charge in [-0.3, -0.25) is 14.5 Å². The molecule has 116 valence electrons. The van der Waals surface area contributed by atoms with E-state index in [1.165, 1.54) is 0 Å². The zero-order chi connectivity index (χ0) is 15.0. The molecule has 1 fully saturated rings. The van der Waals surface area contributed by atoms with Gasteiger partial charge >= 0.3 is 0 Å². The first kappa shape index (κ1) is 16.9. The van der Waals surface area contributed by atoms with E-state index in [9.17, 15) is 9.59 Å². The molecule has 0 aliphatic carbocycles. The van der Waals surface area contributed by atoms with E-state index in [-0.39, 0.29) is 17.7 Å². The molecular weight excluding hydrogens is 256 g/mol. The van der Waals surface area contributed by atoms with Crippen LogP contribution in [0.4, 0.5) is 0 Å². The lowest BCUT2D eigenvalue weighted by Crippen LogP contribution is -2.52.